The molecule has 2 aromatic carbocycles. The lowest BCUT2D eigenvalue weighted by Crippen LogP contribution is -2.21. The Morgan fingerprint density at radius 2 is 1.45 bits per heavy atom. The van der Waals surface area contributed by atoms with Gasteiger partial charge in [-0.2, -0.15) is 0 Å². The van der Waals surface area contributed by atoms with Crippen LogP contribution in [0.3, 0.4) is 0 Å². The van der Waals surface area contributed by atoms with Gasteiger partial charge in [-0.15, -0.1) is 0 Å². The van der Waals surface area contributed by atoms with Crippen LogP contribution in [0, 0.1) is 11.8 Å². The first kappa shape index (κ1) is 17.8. The fourth-order valence-electron chi connectivity index (χ4n) is 3.95. The van der Waals surface area contributed by atoms with Gasteiger partial charge < -0.3 is 25.0 Å². The topological polar surface area (TPSA) is 79.9 Å². The molecule has 7 heteroatoms. The maximum Gasteiger partial charge on any atom is 0.231 e. The predicted molar refractivity (Wildman–Crippen MR) is 109 cm³/mol. The Morgan fingerprint density at radius 1 is 0.828 bits per heavy atom. The van der Waals surface area contributed by atoms with E-state index >= 15 is 0 Å². The Labute approximate surface area is 169 Å². The van der Waals surface area contributed by atoms with Crippen molar-refractivity contribution in [3.05, 3.63) is 42.5 Å². The van der Waals surface area contributed by atoms with Crippen molar-refractivity contribution in [2.75, 3.05) is 35.4 Å². The third-order valence-electron chi connectivity index (χ3n) is 5.71. The van der Waals surface area contributed by atoms with E-state index in [1.54, 1.807) is 18.2 Å². The standard InChI is InChI=1S/C22H23N3O4/c26-21(23-14-3-6-16(7-4-14)25-9-1-2-10-25)17-12-18(17)22(27)24-15-5-8-19-20(11-15)29-13-28-19/h3-8,11,17-18H,1-2,9-10,12-13H2,(H,23,26)(H,24,27). The van der Waals surface area contributed by atoms with Crippen LogP contribution < -0.4 is 25.0 Å². The number of nitrogens with one attached hydrogen (secondary N) is 2. The number of rotatable bonds is 5. The van der Waals surface area contributed by atoms with Crippen LogP contribution in [0.5, 0.6) is 11.5 Å². The first-order chi connectivity index (χ1) is 14.2. The van der Waals surface area contributed by atoms with Crippen LogP contribution in [-0.2, 0) is 9.59 Å². The lowest BCUT2D eigenvalue weighted by molar-refractivity contribution is -0.122. The van der Waals surface area contributed by atoms with Crippen LogP contribution in [-0.4, -0.2) is 31.7 Å². The normalized spacial score (nSPS) is 21.7. The molecule has 29 heavy (non-hydrogen) atoms. The third-order valence-corrected chi connectivity index (χ3v) is 5.71. The molecule has 0 aromatic heterocycles. The zero-order valence-corrected chi connectivity index (χ0v) is 16.0. The van der Waals surface area contributed by atoms with Crippen molar-refractivity contribution in [1.29, 1.82) is 0 Å². The number of nitrogens with zero attached hydrogens (tertiary/aromatic N) is 1. The molecule has 7 nitrogen and oxygen atoms in total. The molecule has 2 aliphatic heterocycles. The molecule has 2 amide bonds. The number of carbonyl (C=O) groups is 2. The predicted octanol–water partition coefficient (Wildman–Crippen LogP) is 3.23. The summed E-state index contributed by atoms with van der Waals surface area (Å²) >= 11 is 0. The molecule has 1 aliphatic carbocycles. The summed E-state index contributed by atoms with van der Waals surface area (Å²) in [5.41, 5.74) is 2.59. The summed E-state index contributed by atoms with van der Waals surface area (Å²) < 4.78 is 10.6. The third kappa shape index (κ3) is 3.72. The van der Waals surface area contributed by atoms with Gasteiger partial charge in [0.05, 0.1) is 11.8 Å². The second-order valence-electron chi connectivity index (χ2n) is 7.74. The number of benzene rings is 2. The first-order valence-corrected chi connectivity index (χ1v) is 10.0. The number of carbonyl (C=O) groups excluding carboxylic acids is 2. The van der Waals surface area contributed by atoms with Crippen molar-refractivity contribution in [3.63, 3.8) is 0 Å². The molecular weight excluding hydrogens is 370 g/mol. The molecule has 3 aliphatic rings. The molecule has 0 spiro atoms. The summed E-state index contributed by atoms with van der Waals surface area (Å²) in [5.74, 6) is 0.442. The minimum absolute atomic E-state index is 0.107. The van der Waals surface area contributed by atoms with E-state index in [0.29, 0.717) is 23.6 Å². The largest absolute Gasteiger partial charge is 0.454 e. The molecule has 2 fully saturated rings. The van der Waals surface area contributed by atoms with E-state index in [1.807, 2.05) is 24.3 Å². The van der Waals surface area contributed by atoms with Crippen molar-refractivity contribution in [2.24, 2.45) is 11.8 Å². The van der Waals surface area contributed by atoms with Gasteiger partial charge >= 0.3 is 0 Å². The average molecular weight is 393 g/mol. The summed E-state index contributed by atoms with van der Waals surface area (Å²) in [5, 5.41) is 5.79. The fourth-order valence-corrected chi connectivity index (χ4v) is 3.95. The Morgan fingerprint density at radius 3 is 2.17 bits per heavy atom. The SMILES string of the molecule is O=C(Nc1ccc(N2CCCC2)cc1)C1CC1C(=O)Nc1ccc2c(c1)OCO2. The molecule has 2 heterocycles. The van der Waals surface area contributed by atoms with Gasteiger partial charge in [0.15, 0.2) is 11.5 Å². The summed E-state index contributed by atoms with van der Waals surface area (Å²) in [4.78, 5) is 27.3. The summed E-state index contributed by atoms with van der Waals surface area (Å²) in [7, 11) is 0. The summed E-state index contributed by atoms with van der Waals surface area (Å²) in [6, 6.07) is 13.2. The Kier molecular flexibility index (Phi) is 4.50. The van der Waals surface area contributed by atoms with Crippen molar-refractivity contribution in [1.82, 2.24) is 0 Å². The smallest absolute Gasteiger partial charge is 0.231 e. The first-order valence-electron chi connectivity index (χ1n) is 10.0. The van der Waals surface area contributed by atoms with Crippen molar-refractivity contribution < 1.29 is 19.1 Å². The average Bonchev–Trinajstić information content (AvgIpc) is 3.11. The number of anilines is 3. The molecule has 150 valence electrons. The van der Waals surface area contributed by atoms with Gasteiger partial charge in [0.2, 0.25) is 18.6 Å². The van der Waals surface area contributed by atoms with E-state index < -0.39 is 0 Å². The van der Waals surface area contributed by atoms with Crippen molar-refractivity contribution in [2.45, 2.75) is 19.3 Å². The zero-order valence-electron chi connectivity index (χ0n) is 16.0. The maximum atomic E-state index is 12.5. The van der Waals surface area contributed by atoms with Crippen LogP contribution in [0.15, 0.2) is 42.5 Å². The van der Waals surface area contributed by atoms with Gasteiger partial charge in [0, 0.05) is 36.2 Å². The highest BCUT2D eigenvalue weighted by Gasteiger charge is 2.48. The minimum atomic E-state index is -0.302. The quantitative estimate of drug-likeness (QED) is 0.815. The van der Waals surface area contributed by atoms with Crippen molar-refractivity contribution in [3.8, 4) is 11.5 Å². The van der Waals surface area contributed by atoms with E-state index in [9.17, 15) is 9.59 Å². The van der Waals surface area contributed by atoms with Crippen LogP contribution in [0.2, 0.25) is 0 Å². The number of ether oxygens (including phenoxy) is 2. The molecular formula is C22H23N3O4. The molecule has 1 saturated carbocycles. The van der Waals surface area contributed by atoms with Gasteiger partial charge in [0.1, 0.15) is 0 Å². The Bertz CT molecular complexity index is 938. The lowest BCUT2D eigenvalue weighted by atomic mass is 10.2. The van der Waals surface area contributed by atoms with Crippen LogP contribution in [0.4, 0.5) is 17.1 Å². The van der Waals surface area contributed by atoms with Gasteiger partial charge in [-0.3, -0.25) is 9.59 Å². The van der Waals surface area contributed by atoms with Crippen molar-refractivity contribution >= 4 is 28.9 Å². The lowest BCUT2D eigenvalue weighted by Gasteiger charge is -2.17. The van der Waals surface area contributed by atoms with Crippen LogP contribution in [0.1, 0.15) is 19.3 Å². The molecule has 2 N–H and O–H groups in total. The second kappa shape index (κ2) is 7.31. The zero-order chi connectivity index (χ0) is 19.8. The Balaban J connectivity index is 1.14. The number of hydrogen-bond donors (Lipinski definition) is 2. The molecule has 0 radical (unpaired) electrons. The van der Waals surface area contributed by atoms with E-state index in [2.05, 4.69) is 15.5 Å². The summed E-state index contributed by atoms with van der Waals surface area (Å²) in [6.45, 7) is 2.37. The second-order valence-corrected chi connectivity index (χ2v) is 7.74. The monoisotopic (exact) mass is 393 g/mol. The number of hydrogen-bond acceptors (Lipinski definition) is 5. The van der Waals surface area contributed by atoms with Gasteiger partial charge in [-0.25, -0.2) is 0 Å². The molecule has 2 unspecified atom stereocenters. The van der Waals surface area contributed by atoms with Crippen LogP contribution >= 0.6 is 0 Å². The summed E-state index contributed by atoms with van der Waals surface area (Å²) in [6.07, 6.45) is 3.03. The highest BCUT2D eigenvalue weighted by molar-refractivity contribution is 6.03. The van der Waals surface area contributed by atoms with Gasteiger partial charge in [-0.1, -0.05) is 0 Å². The Hall–Kier alpha value is -3.22. The van der Waals surface area contributed by atoms with E-state index in [4.69, 9.17) is 9.47 Å². The van der Waals surface area contributed by atoms with Gasteiger partial charge in [-0.05, 0) is 55.7 Å². The van der Waals surface area contributed by atoms with E-state index in [0.717, 1.165) is 18.8 Å². The van der Waals surface area contributed by atoms with Gasteiger partial charge in [0.25, 0.3) is 0 Å². The van der Waals surface area contributed by atoms with E-state index in [1.165, 1.54) is 18.5 Å². The highest BCUT2D eigenvalue weighted by Crippen LogP contribution is 2.41. The molecule has 5 rings (SSSR count). The minimum Gasteiger partial charge on any atom is -0.454 e. The number of fused-ring (bicyclic) bond motifs is 1. The molecule has 2 aromatic rings. The fraction of sp³-hybridized carbons (Fsp3) is 0.364. The molecule has 0 bridgehead atoms. The van der Waals surface area contributed by atoms with Crippen LogP contribution in [0.25, 0.3) is 0 Å². The maximum absolute atomic E-state index is 12.5. The molecule has 2 atom stereocenters. The highest BCUT2D eigenvalue weighted by atomic mass is 16.7. The molecule has 1 saturated heterocycles. The van der Waals surface area contributed by atoms with E-state index in [-0.39, 0.29) is 30.4 Å². The number of amides is 2.